The number of carbonyl (C=O) groups is 3. The Bertz CT molecular complexity index is 736. The van der Waals surface area contributed by atoms with E-state index >= 15 is 0 Å². The lowest BCUT2D eigenvalue weighted by molar-refractivity contribution is -0.182. The minimum absolute atomic E-state index is 0. The van der Waals surface area contributed by atoms with Gasteiger partial charge in [0.1, 0.15) is 5.54 Å². The molecule has 0 bridgehead atoms. The molecular formula is C23H40BClN2O8. The number of unbranched alkanes of at least 4 members (excludes halogenated alkanes) is 1. The number of amides is 1. The number of carboxylic acid groups (broad SMARTS) is 1. The van der Waals surface area contributed by atoms with Gasteiger partial charge in [0.15, 0.2) is 0 Å². The molecule has 0 spiro atoms. The minimum atomic E-state index is -1.40. The molecular weight excluding hydrogens is 479 g/mol. The van der Waals surface area contributed by atoms with Gasteiger partial charge < -0.3 is 29.5 Å². The van der Waals surface area contributed by atoms with E-state index in [1.54, 1.807) is 4.90 Å². The summed E-state index contributed by atoms with van der Waals surface area (Å²) in [6, 6.07) is -0.325. The second-order valence-corrected chi connectivity index (χ2v) is 10.3. The summed E-state index contributed by atoms with van der Waals surface area (Å²) in [5.74, 6) is -1.91. The molecule has 4 N–H and O–H groups in total. The van der Waals surface area contributed by atoms with Crippen LogP contribution in [0.1, 0.15) is 71.6 Å². The predicted molar refractivity (Wildman–Crippen MR) is 131 cm³/mol. The molecule has 200 valence electrons. The van der Waals surface area contributed by atoms with Gasteiger partial charge in [-0.2, -0.15) is 0 Å². The van der Waals surface area contributed by atoms with Gasteiger partial charge in [0.25, 0.3) is 6.29 Å². The number of nitrogens with one attached hydrogen (secondary N) is 1. The zero-order valence-electron chi connectivity index (χ0n) is 20.7. The van der Waals surface area contributed by atoms with Crippen LogP contribution in [0.2, 0.25) is 6.32 Å². The Balaban J connectivity index is 0.00000432. The van der Waals surface area contributed by atoms with Crippen LogP contribution in [0.4, 0.5) is 4.79 Å². The van der Waals surface area contributed by atoms with Crippen molar-refractivity contribution < 1.29 is 39.0 Å². The van der Waals surface area contributed by atoms with Crippen LogP contribution in [0.3, 0.4) is 0 Å². The Morgan fingerprint density at radius 1 is 1.09 bits per heavy atom. The van der Waals surface area contributed by atoms with Gasteiger partial charge in [-0.15, -0.1) is 12.4 Å². The maximum Gasteiger partial charge on any atom is 0.451 e. The molecule has 12 heteroatoms. The minimum Gasteiger partial charge on any atom is -0.480 e. The topological polar surface area (TPSA) is 146 Å². The highest BCUT2D eigenvalue weighted by atomic mass is 35.5. The second kappa shape index (κ2) is 13.1. The Morgan fingerprint density at radius 3 is 2.37 bits per heavy atom. The summed E-state index contributed by atoms with van der Waals surface area (Å²) >= 11 is 0. The Morgan fingerprint density at radius 2 is 1.77 bits per heavy atom. The number of likely N-dealkylation sites (tertiary alicyclic amines) is 1. The standard InChI is InChI=1S/C23H39BN2O8.ClH/c1-15(2)20(33-19(27)16-8-4-3-5-9-16)34-22(30)26-13-10-17-18(26)14-25-23(17,21(28)29)11-6-7-12-24(31)32;/h15-18,20,25,31-32H,3-14H2,1-2H3,(H,28,29);1H. The number of rotatable bonds is 10. The molecule has 1 saturated carbocycles. The first-order valence-electron chi connectivity index (χ1n) is 12.7. The van der Waals surface area contributed by atoms with E-state index in [1.807, 2.05) is 13.8 Å². The molecule has 1 aliphatic carbocycles. The number of nitrogens with zero attached hydrogens (tertiary/aromatic N) is 1. The maximum absolute atomic E-state index is 13.1. The smallest absolute Gasteiger partial charge is 0.451 e. The van der Waals surface area contributed by atoms with E-state index in [4.69, 9.17) is 19.5 Å². The molecule has 3 aliphatic rings. The van der Waals surface area contributed by atoms with E-state index in [2.05, 4.69) is 5.32 Å². The second-order valence-electron chi connectivity index (χ2n) is 10.3. The number of fused-ring (bicyclic) bond motifs is 1. The monoisotopic (exact) mass is 518 g/mol. The SMILES string of the molecule is CC(C)C(OC(=O)C1CCCCC1)OC(=O)N1CCC2C1CNC2(CCCCB(O)O)C(=O)O.Cl. The first-order valence-corrected chi connectivity index (χ1v) is 12.7. The fourth-order valence-corrected chi connectivity index (χ4v) is 5.68. The van der Waals surface area contributed by atoms with E-state index in [0.717, 1.165) is 32.1 Å². The number of carbonyl (C=O) groups excluding carboxylic acids is 2. The van der Waals surface area contributed by atoms with Crippen molar-refractivity contribution in [2.75, 3.05) is 13.1 Å². The molecule has 0 aromatic rings. The molecule has 10 nitrogen and oxygen atoms in total. The van der Waals surface area contributed by atoms with Gasteiger partial charge in [-0.25, -0.2) is 4.79 Å². The van der Waals surface area contributed by atoms with Gasteiger partial charge in [0, 0.05) is 24.9 Å². The van der Waals surface area contributed by atoms with Crippen LogP contribution < -0.4 is 5.32 Å². The van der Waals surface area contributed by atoms with Crippen LogP contribution in [-0.2, 0) is 19.1 Å². The van der Waals surface area contributed by atoms with E-state index in [1.165, 1.54) is 0 Å². The molecule has 4 atom stereocenters. The maximum atomic E-state index is 13.1. The van der Waals surface area contributed by atoms with E-state index in [0.29, 0.717) is 38.8 Å². The molecule has 2 heterocycles. The summed E-state index contributed by atoms with van der Waals surface area (Å²) in [5.41, 5.74) is -1.16. The number of aliphatic carboxylic acids is 1. The van der Waals surface area contributed by atoms with Crippen molar-refractivity contribution in [1.29, 1.82) is 0 Å². The van der Waals surface area contributed by atoms with E-state index < -0.39 is 31.0 Å². The number of esters is 1. The zero-order valence-corrected chi connectivity index (χ0v) is 21.5. The average Bonchev–Trinajstić information content (AvgIpc) is 3.38. The molecule has 4 unspecified atom stereocenters. The third kappa shape index (κ3) is 7.02. The largest absolute Gasteiger partial charge is 0.480 e. The molecule has 3 rings (SSSR count). The first kappa shape index (κ1) is 29.7. The van der Waals surface area contributed by atoms with Crippen molar-refractivity contribution in [2.24, 2.45) is 17.8 Å². The molecule has 1 amide bonds. The third-order valence-electron chi connectivity index (χ3n) is 7.64. The summed E-state index contributed by atoms with van der Waals surface area (Å²) in [6.45, 7) is 4.37. The fourth-order valence-electron chi connectivity index (χ4n) is 5.68. The number of hydrogen-bond donors (Lipinski definition) is 4. The molecule has 2 aliphatic heterocycles. The van der Waals surface area contributed by atoms with Gasteiger partial charge in [-0.3, -0.25) is 14.9 Å². The summed E-state index contributed by atoms with van der Waals surface area (Å²) in [5, 5.41) is 31.2. The van der Waals surface area contributed by atoms with Crippen molar-refractivity contribution in [3.8, 4) is 0 Å². The zero-order chi connectivity index (χ0) is 24.9. The van der Waals surface area contributed by atoms with Crippen LogP contribution in [0.25, 0.3) is 0 Å². The van der Waals surface area contributed by atoms with Crippen molar-refractivity contribution >= 4 is 37.6 Å². The molecule has 0 radical (unpaired) electrons. The fraction of sp³-hybridized carbons (Fsp3) is 0.870. The van der Waals surface area contributed by atoms with Gasteiger partial charge in [0.05, 0.1) is 12.0 Å². The highest BCUT2D eigenvalue weighted by Crippen LogP contribution is 2.41. The highest BCUT2D eigenvalue weighted by Gasteiger charge is 2.58. The Labute approximate surface area is 213 Å². The molecule has 0 aromatic carbocycles. The van der Waals surface area contributed by atoms with Crippen molar-refractivity contribution in [1.82, 2.24) is 10.2 Å². The van der Waals surface area contributed by atoms with E-state index in [9.17, 15) is 19.5 Å². The van der Waals surface area contributed by atoms with E-state index in [-0.39, 0.29) is 48.5 Å². The van der Waals surface area contributed by atoms with Crippen LogP contribution >= 0.6 is 12.4 Å². The van der Waals surface area contributed by atoms with Gasteiger partial charge >= 0.3 is 25.2 Å². The summed E-state index contributed by atoms with van der Waals surface area (Å²) in [4.78, 5) is 39.5. The summed E-state index contributed by atoms with van der Waals surface area (Å²) in [6.07, 6.45) is 5.24. The van der Waals surface area contributed by atoms with Crippen molar-refractivity contribution in [2.45, 2.75) is 95.8 Å². The van der Waals surface area contributed by atoms with Gasteiger partial charge in [-0.05, 0) is 32.0 Å². The lowest BCUT2D eigenvalue weighted by atomic mass is 9.77. The van der Waals surface area contributed by atoms with Crippen molar-refractivity contribution in [3.05, 3.63) is 0 Å². The quantitative estimate of drug-likeness (QED) is 0.148. The Kier molecular flexibility index (Phi) is 11.1. The predicted octanol–water partition coefficient (Wildman–Crippen LogP) is 2.41. The number of carboxylic acids is 1. The van der Waals surface area contributed by atoms with Crippen LogP contribution in [0.5, 0.6) is 0 Å². The number of ether oxygens (including phenoxy) is 2. The van der Waals surface area contributed by atoms with Crippen LogP contribution in [0.15, 0.2) is 0 Å². The molecule has 3 fully saturated rings. The summed E-state index contributed by atoms with van der Waals surface area (Å²) < 4.78 is 11.2. The van der Waals surface area contributed by atoms with Gasteiger partial charge in [-0.1, -0.05) is 46.0 Å². The van der Waals surface area contributed by atoms with Crippen molar-refractivity contribution in [3.63, 3.8) is 0 Å². The normalized spacial score (nSPS) is 27.2. The average molecular weight is 519 g/mol. The third-order valence-corrected chi connectivity index (χ3v) is 7.64. The Hall–Kier alpha value is -1.56. The molecule has 0 aromatic heterocycles. The van der Waals surface area contributed by atoms with Crippen LogP contribution in [0, 0.1) is 17.8 Å². The molecule has 2 saturated heterocycles. The summed E-state index contributed by atoms with van der Waals surface area (Å²) in [7, 11) is -1.40. The van der Waals surface area contributed by atoms with Gasteiger partial charge in [0.2, 0.25) is 0 Å². The number of hydrogen-bond acceptors (Lipinski definition) is 8. The van der Waals surface area contributed by atoms with Crippen LogP contribution in [-0.4, -0.2) is 76.2 Å². The lowest BCUT2D eigenvalue weighted by Gasteiger charge is -2.31. The first-order chi connectivity index (χ1) is 16.2. The highest BCUT2D eigenvalue weighted by molar-refractivity contribution is 6.40. The lowest BCUT2D eigenvalue weighted by Crippen LogP contribution is -2.52. The number of halogens is 1. The molecule has 35 heavy (non-hydrogen) atoms.